The van der Waals surface area contributed by atoms with E-state index in [2.05, 4.69) is 28.3 Å². The number of phenolic OH excluding ortho intramolecular Hbond substituents is 1. The number of aryl methyl sites for hydroxylation is 2. The number of phenols is 1. The van der Waals surface area contributed by atoms with Crippen LogP contribution in [0, 0.1) is 5.95 Å². The molecule has 0 fully saturated rings. The van der Waals surface area contributed by atoms with Crippen molar-refractivity contribution in [2.75, 3.05) is 5.73 Å². The summed E-state index contributed by atoms with van der Waals surface area (Å²) in [4.78, 5) is 34.7. The highest BCUT2D eigenvalue weighted by atomic mass is 19.1. The Morgan fingerprint density at radius 3 is 2.58 bits per heavy atom. The fourth-order valence-electron chi connectivity index (χ4n) is 5.04. The second-order valence-corrected chi connectivity index (χ2v) is 9.86. The molecule has 2 aromatic carbocycles. The van der Waals surface area contributed by atoms with Crippen LogP contribution in [0.2, 0.25) is 0 Å². The molecule has 0 spiro atoms. The summed E-state index contributed by atoms with van der Waals surface area (Å²) in [7, 11) is 0. The van der Waals surface area contributed by atoms with Gasteiger partial charge in [0.15, 0.2) is 23.6 Å². The lowest BCUT2D eigenvalue weighted by molar-refractivity contribution is 0.1000. The van der Waals surface area contributed by atoms with Gasteiger partial charge in [-0.1, -0.05) is 6.07 Å². The van der Waals surface area contributed by atoms with Crippen LogP contribution in [0.4, 0.5) is 10.2 Å². The van der Waals surface area contributed by atoms with Crippen LogP contribution in [-0.2, 0) is 12.8 Å². The minimum atomic E-state index is -0.627. The van der Waals surface area contributed by atoms with Crippen LogP contribution < -0.4 is 11.5 Å². The van der Waals surface area contributed by atoms with Gasteiger partial charge in [0.25, 0.3) is 0 Å². The van der Waals surface area contributed by atoms with Crippen LogP contribution in [-0.4, -0.2) is 46.6 Å². The number of fused-ring (bicyclic) bond motifs is 2. The number of amides is 1. The van der Waals surface area contributed by atoms with E-state index in [1.807, 2.05) is 22.8 Å². The van der Waals surface area contributed by atoms with E-state index in [9.17, 15) is 14.0 Å². The number of anilines is 1. The number of pyridine rings is 2. The number of aromatic nitrogens is 6. The van der Waals surface area contributed by atoms with E-state index in [4.69, 9.17) is 26.5 Å². The third-order valence-corrected chi connectivity index (χ3v) is 7.14. The molecule has 0 radical (unpaired) electrons. The number of aromatic hydroxyl groups is 1. The van der Waals surface area contributed by atoms with Crippen molar-refractivity contribution in [2.24, 2.45) is 5.73 Å². The summed E-state index contributed by atoms with van der Waals surface area (Å²) in [5.74, 6) is 0.222. The molecule has 5 N–H and O–H groups in total. The largest absolute Gasteiger partial charge is 0.507 e. The maximum Gasteiger partial charge on any atom is 0.248 e. The molecule has 0 unspecified atom stereocenters. The van der Waals surface area contributed by atoms with Crippen LogP contribution in [0.5, 0.6) is 5.75 Å². The summed E-state index contributed by atoms with van der Waals surface area (Å²) in [5.41, 5.74) is 17.2. The molecule has 0 saturated heterocycles. The van der Waals surface area contributed by atoms with Gasteiger partial charge in [-0.05, 0) is 85.0 Å². The van der Waals surface area contributed by atoms with Gasteiger partial charge in [0.1, 0.15) is 17.1 Å². The van der Waals surface area contributed by atoms with Gasteiger partial charge < -0.3 is 16.6 Å². The molecule has 1 aliphatic rings. The maximum absolute atomic E-state index is 13.5. The van der Waals surface area contributed by atoms with Crippen molar-refractivity contribution in [3.8, 4) is 28.6 Å². The Balaban J connectivity index is 0.000000232. The van der Waals surface area contributed by atoms with Crippen LogP contribution in [0.1, 0.15) is 38.3 Å². The van der Waals surface area contributed by atoms with Crippen LogP contribution in [0.25, 0.3) is 34.1 Å². The number of benzene rings is 2. The first-order valence-electron chi connectivity index (χ1n) is 13.3. The highest BCUT2D eigenvalue weighted by Crippen LogP contribution is 2.32. The average molecular weight is 577 g/mol. The molecule has 7 rings (SSSR count). The lowest BCUT2D eigenvalue weighted by Crippen LogP contribution is -2.10. The zero-order valence-corrected chi connectivity index (χ0v) is 22.7. The molecule has 4 heterocycles. The van der Waals surface area contributed by atoms with E-state index in [0.717, 1.165) is 24.1 Å². The number of nitrogens with zero attached hydrogens (tertiary/aromatic N) is 6. The molecule has 6 aromatic rings. The molecule has 4 aromatic heterocycles. The number of aldehydes is 1. The lowest BCUT2D eigenvalue weighted by Gasteiger charge is -2.12. The number of nitrogen functional groups attached to an aromatic ring is 1. The molecule has 214 valence electrons. The molecular weight excluding hydrogens is 551 g/mol. The second kappa shape index (κ2) is 11.2. The van der Waals surface area contributed by atoms with Gasteiger partial charge >= 0.3 is 0 Å². The van der Waals surface area contributed by atoms with Crippen LogP contribution in [0.3, 0.4) is 0 Å². The van der Waals surface area contributed by atoms with Gasteiger partial charge in [-0.2, -0.15) is 4.39 Å². The summed E-state index contributed by atoms with van der Waals surface area (Å²) in [6.07, 6.45) is 6.99. The number of rotatable bonds is 5. The van der Waals surface area contributed by atoms with E-state index in [1.165, 1.54) is 46.5 Å². The zero-order chi connectivity index (χ0) is 30.1. The summed E-state index contributed by atoms with van der Waals surface area (Å²) >= 11 is 0. The molecule has 11 nitrogen and oxygen atoms in total. The van der Waals surface area contributed by atoms with Crippen molar-refractivity contribution < 1.29 is 19.1 Å². The molecular formula is C31H25FN8O3. The average Bonchev–Trinajstić information content (AvgIpc) is 3.75. The smallest absolute Gasteiger partial charge is 0.248 e. The first kappa shape index (κ1) is 27.3. The van der Waals surface area contributed by atoms with Gasteiger partial charge in [0, 0.05) is 29.7 Å². The maximum atomic E-state index is 13.5. The van der Waals surface area contributed by atoms with Crippen molar-refractivity contribution in [2.45, 2.75) is 19.3 Å². The number of carbonyl (C=O) groups is 2. The summed E-state index contributed by atoms with van der Waals surface area (Å²) in [6, 6.07) is 19.0. The number of carbonyl (C=O) groups excluding carboxylic acids is 2. The Bertz CT molecular complexity index is 2020. The second-order valence-electron chi connectivity index (χ2n) is 9.86. The third kappa shape index (κ3) is 5.28. The Labute approximate surface area is 244 Å². The summed E-state index contributed by atoms with van der Waals surface area (Å²) in [5, 5.41) is 12.9. The number of hydrogen-bond acceptors (Lipinski definition) is 8. The Morgan fingerprint density at radius 1 is 1.00 bits per heavy atom. The quantitative estimate of drug-likeness (QED) is 0.257. The Kier molecular flexibility index (Phi) is 7.08. The van der Waals surface area contributed by atoms with Gasteiger partial charge in [-0.25, -0.2) is 19.6 Å². The minimum Gasteiger partial charge on any atom is -0.507 e. The van der Waals surface area contributed by atoms with E-state index in [-0.39, 0.29) is 16.9 Å². The van der Waals surface area contributed by atoms with E-state index < -0.39 is 11.9 Å². The number of primary amides is 1. The van der Waals surface area contributed by atoms with Crippen molar-refractivity contribution in [1.82, 2.24) is 29.3 Å². The molecule has 0 aliphatic heterocycles. The number of nitrogens with two attached hydrogens (primary N) is 2. The first-order chi connectivity index (χ1) is 20.8. The number of imidazole rings is 1. The van der Waals surface area contributed by atoms with Gasteiger partial charge in [0.2, 0.25) is 11.9 Å². The molecule has 1 amide bonds. The number of hydrogen-bond donors (Lipinski definition) is 3. The predicted octanol–water partition coefficient (Wildman–Crippen LogP) is 4.18. The van der Waals surface area contributed by atoms with Crippen molar-refractivity contribution in [1.29, 1.82) is 0 Å². The molecule has 0 bridgehead atoms. The van der Waals surface area contributed by atoms with Crippen LogP contribution >= 0.6 is 0 Å². The SMILES string of the molecule is NC(=O)c1ccc(O)c(C=O)c1.Nc1ncccc1-c1nc2ccc(-n3ccc(F)n3)nc2n1-c1ccc2c(c1)CCC2. The highest BCUT2D eigenvalue weighted by molar-refractivity contribution is 5.95. The molecule has 0 saturated carbocycles. The van der Waals surface area contributed by atoms with Gasteiger partial charge in [0.05, 0.1) is 11.1 Å². The van der Waals surface area contributed by atoms with Crippen LogP contribution in [0.15, 0.2) is 79.1 Å². The molecule has 0 atom stereocenters. The minimum absolute atomic E-state index is 0.0614. The number of halogens is 1. The van der Waals surface area contributed by atoms with Crippen molar-refractivity contribution in [3.05, 3.63) is 107 Å². The Hall–Kier alpha value is -5.91. The monoisotopic (exact) mass is 576 g/mol. The standard InChI is InChI=1S/C23H18FN7.C8H7NO3/c24-19-10-12-30(29-19)20-9-8-18-23(28-20)31(16-7-6-14-3-1-4-15(14)13-16)22(27-18)17-5-2-11-26-21(17)25;9-8(12)5-1-2-7(11)6(3-5)4-10/h2,5-13H,1,3-4H2,(H2,25,26);1-4,11H,(H2,9,12). The predicted molar refractivity (Wildman–Crippen MR) is 158 cm³/mol. The summed E-state index contributed by atoms with van der Waals surface area (Å²) < 4.78 is 16.9. The Morgan fingerprint density at radius 2 is 1.84 bits per heavy atom. The zero-order valence-electron chi connectivity index (χ0n) is 22.7. The first-order valence-corrected chi connectivity index (χ1v) is 13.3. The molecule has 12 heteroatoms. The fraction of sp³-hybridized carbons (Fsp3) is 0.0968. The normalized spacial score (nSPS) is 12.0. The molecule has 43 heavy (non-hydrogen) atoms. The fourth-order valence-corrected chi connectivity index (χ4v) is 5.04. The summed E-state index contributed by atoms with van der Waals surface area (Å²) in [6.45, 7) is 0. The van der Waals surface area contributed by atoms with Crippen molar-refractivity contribution >= 4 is 29.2 Å². The molecule has 1 aliphatic carbocycles. The van der Waals surface area contributed by atoms with E-state index in [0.29, 0.717) is 34.9 Å². The third-order valence-electron chi connectivity index (χ3n) is 7.14. The van der Waals surface area contributed by atoms with Gasteiger partial charge in [-0.15, -0.1) is 5.10 Å². The highest BCUT2D eigenvalue weighted by Gasteiger charge is 2.20. The van der Waals surface area contributed by atoms with E-state index >= 15 is 0 Å². The van der Waals surface area contributed by atoms with Gasteiger partial charge in [-0.3, -0.25) is 14.2 Å². The van der Waals surface area contributed by atoms with Crippen molar-refractivity contribution in [3.63, 3.8) is 0 Å². The topological polar surface area (TPSA) is 168 Å². The lowest BCUT2D eigenvalue weighted by atomic mass is 10.1. The van der Waals surface area contributed by atoms with E-state index in [1.54, 1.807) is 18.5 Å².